The molecule has 0 N–H and O–H groups in total. The summed E-state index contributed by atoms with van der Waals surface area (Å²) in [6, 6.07) is 7.91. The second-order valence-electron chi connectivity index (χ2n) is 8.37. The lowest BCUT2D eigenvalue weighted by molar-refractivity contribution is -0.134. The van der Waals surface area contributed by atoms with Crippen LogP contribution in [0.2, 0.25) is 0 Å². The number of aryl methyl sites for hydroxylation is 2. The minimum absolute atomic E-state index is 0.0673. The second-order valence-corrected chi connectivity index (χ2v) is 8.37. The highest BCUT2D eigenvalue weighted by Crippen LogP contribution is 2.31. The molecular weight excluding hydrogens is 342 g/mol. The topological polar surface area (TPSA) is 56.6 Å². The summed E-state index contributed by atoms with van der Waals surface area (Å²) in [7, 11) is 1.92. The maximum Gasteiger partial charge on any atom is 0.223 e. The molecule has 0 fully saturated rings. The number of aromatic nitrogens is 2. The molecule has 3 rings (SSSR count). The van der Waals surface area contributed by atoms with E-state index in [2.05, 4.69) is 25.9 Å². The number of ether oxygens (including phenoxy) is 2. The number of carbonyl (C=O) groups excluding carboxylic acids is 1. The second kappa shape index (κ2) is 7.62. The largest absolute Gasteiger partial charge is 0.486 e. The minimum Gasteiger partial charge on any atom is -0.486 e. The first-order valence-electron chi connectivity index (χ1n) is 9.37. The van der Waals surface area contributed by atoms with Crippen molar-refractivity contribution in [3.63, 3.8) is 0 Å². The van der Waals surface area contributed by atoms with Crippen LogP contribution in [-0.4, -0.2) is 33.8 Å². The Morgan fingerprint density at radius 2 is 1.85 bits per heavy atom. The molecule has 27 heavy (non-hydrogen) atoms. The molecular formula is C21H29N3O3. The molecule has 1 amide bonds. The van der Waals surface area contributed by atoms with Crippen LogP contribution in [-0.2, 0) is 24.9 Å². The molecule has 1 aliphatic rings. The van der Waals surface area contributed by atoms with Crippen molar-refractivity contribution in [2.24, 2.45) is 12.5 Å². The average molecular weight is 371 g/mol. The van der Waals surface area contributed by atoms with E-state index in [0.717, 1.165) is 28.5 Å². The predicted octanol–water partition coefficient (Wildman–Crippen LogP) is 3.46. The van der Waals surface area contributed by atoms with Gasteiger partial charge < -0.3 is 14.4 Å². The Balaban J connectivity index is 1.81. The molecule has 146 valence electrons. The lowest BCUT2D eigenvalue weighted by Crippen LogP contribution is -2.33. The molecule has 0 radical (unpaired) electrons. The lowest BCUT2D eigenvalue weighted by Gasteiger charge is -2.27. The third-order valence-corrected chi connectivity index (χ3v) is 4.53. The van der Waals surface area contributed by atoms with Crippen molar-refractivity contribution in [3.8, 4) is 11.5 Å². The Morgan fingerprint density at radius 1 is 1.15 bits per heavy atom. The maximum atomic E-state index is 13.0. The molecule has 0 unspecified atom stereocenters. The summed E-state index contributed by atoms with van der Waals surface area (Å²) in [4.78, 5) is 14.9. The zero-order chi connectivity index (χ0) is 19.6. The number of carbonyl (C=O) groups is 1. The van der Waals surface area contributed by atoms with Crippen LogP contribution in [0.5, 0.6) is 11.5 Å². The number of hydrogen-bond donors (Lipinski definition) is 0. The van der Waals surface area contributed by atoms with Gasteiger partial charge in [0.05, 0.1) is 12.2 Å². The lowest BCUT2D eigenvalue weighted by atomic mass is 9.91. The molecule has 0 bridgehead atoms. The number of fused-ring (bicyclic) bond motifs is 1. The van der Waals surface area contributed by atoms with E-state index in [1.54, 1.807) is 0 Å². The van der Waals surface area contributed by atoms with Crippen molar-refractivity contribution >= 4 is 5.91 Å². The summed E-state index contributed by atoms with van der Waals surface area (Å²) in [5.74, 6) is 1.63. The van der Waals surface area contributed by atoms with Gasteiger partial charge in [-0.25, -0.2) is 0 Å². The first-order valence-corrected chi connectivity index (χ1v) is 9.37. The number of rotatable bonds is 5. The Labute approximate surface area is 161 Å². The van der Waals surface area contributed by atoms with Crippen molar-refractivity contribution in [1.29, 1.82) is 0 Å². The third kappa shape index (κ3) is 5.02. The van der Waals surface area contributed by atoms with Gasteiger partial charge in [-0.3, -0.25) is 9.48 Å². The van der Waals surface area contributed by atoms with Gasteiger partial charge in [-0.2, -0.15) is 5.10 Å². The highest BCUT2D eigenvalue weighted by molar-refractivity contribution is 5.76. The predicted molar refractivity (Wildman–Crippen MR) is 104 cm³/mol. The molecule has 0 saturated carbocycles. The maximum absolute atomic E-state index is 13.0. The fraction of sp³-hybridized carbons (Fsp3) is 0.524. The van der Waals surface area contributed by atoms with Crippen LogP contribution in [0.4, 0.5) is 0 Å². The number of nitrogens with zero attached hydrogens (tertiary/aromatic N) is 3. The zero-order valence-electron chi connectivity index (χ0n) is 16.9. The molecule has 2 heterocycles. The summed E-state index contributed by atoms with van der Waals surface area (Å²) in [5, 5.41) is 4.52. The molecule has 0 spiro atoms. The van der Waals surface area contributed by atoms with Crippen molar-refractivity contribution in [2.75, 3.05) is 13.2 Å². The van der Waals surface area contributed by atoms with Gasteiger partial charge in [0, 0.05) is 25.7 Å². The summed E-state index contributed by atoms with van der Waals surface area (Å²) in [5.41, 5.74) is 2.93. The molecule has 1 aromatic carbocycles. The fourth-order valence-electron chi connectivity index (χ4n) is 3.11. The highest BCUT2D eigenvalue weighted by atomic mass is 16.6. The van der Waals surface area contributed by atoms with Gasteiger partial charge in [-0.05, 0) is 36.1 Å². The van der Waals surface area contributed by atoms with Gasteiger partial charge >= 0.3 is 0 Å². The molecule has 6 heteroatoms. The molecule has 0 aliphatic carbocycles. The highest BCUT2D eigenvalue weighted by Gasteiger charge is 2.23. The standard InChI is InChI=1S/C21H29N3O3/c1-15-10-17(22-23(15)5)14-24(20(25)12-21(2,3)4)13-16-6-7-18-19(11-16)27-9-8-26-18/h6-7,10-11H,8-9,12-14H2,1-5H3. The zero-order valence-corrected chi connectivity index (χ0v) is 16.9. The van der Waals surface area contributed by atoms with E-state index >= 15 is 0 Å². The average Bonchev–Trinajstić information content (AvgIpc) is 2.90. The van der Waals surface area contributed by atoms with E-state index in [9.17, 15) is 4.79 Å². The van der Waals surface area contributed by atoms with Crippen LogP contribution in [0.25, 0.3) is 0 Å². The summed E-state index contributed by atoms with van der Waals surface area (Å²) in [6.07, 6.45) is 0.489. The van der Waals surface area contributed by atoms with Crippen molar-refractivity contribution < 1.29 is 14.3 Å². The normalized spacial score (nSPS) is 13.5. The molecule has 1 aromatic heterocycles. The van der Waals surface area contributed by atoms with Crippen molar-refractivity contribution in [2.45, 2.75) is 47.2 Å². The summed E-state index contributed by atoms with van der Waals surface area (Å²) >= 11 is 0. The molecule has 0 atom stereocenters. The fourth-order valence-corrected chi connectivity index (χ4v) is 3.11. The van der Waals surface area contributed by atoms with Crippen molar-refractivity contribution in [3.05, 3.63) is 41.2 Å². The Bertz CT molecular complexity index is 801. The number of amides is 1. The van der Waals surface area contributed by atoms with Gasteiger partial charge in [-0.1, -0.05) is 26.8 Å². The molecule has 1 aliphatic heterocycles. The van der Waals surface area contributed by atoms with E-state index in [4.69, 9.17) is 9.47 Å². The van der Waals surface area contributed by atoms with E-state index in [1.807, 2.05) is 47.8 Å². The molecule has 6 nitrogen and oxygen atoms in total. The van der Waals surface area contributed by atoms with Crippen LogP contribution in [0.1, 0.15) is 44.1 Å². The van der Waals surface area contributed by atoms with E-state index < -0.39 is 0 Å². The molecule has 0 saturated heterocycles. The number of benzene rings is 1. The van der Waals surface area contributed by atoms with E-state index in [1.165, 1.54) is 0 Å². The van der Waals surface area contributed by atoms with Crippen LogP contribution >= 0.6 is 0 Å². The Hall–Kier alpha value is -2.50. The van der Waals surface area contributed by atoms with Gasteiger partial charge in [0.1, 0.15) is 13.2 Å². The van der Waals surface area contributed by atoms with Gasteiger partial charge in [0.25, 0.3) is 0 Å². The first-order chi connectivity index (χ1) is 12.7. The summed E-state index contributed by atoms with van der Waals surface area (Å²) in [6.45, 7) is 10.4. The van der Waals surface area contributed by atoms with Crippen LogP contribution in [0, 0.1) is 12.3 Å². The van der Waals surface area contributed by atoms with Crippen LogP contribution in [0.3, 0.4) is 0 Å². The van der Waals surface area contributed by atoms with Crippen molar-refractivity contribution in [1.82, 2.24) is 14.7 Å². The van der Waals surface area contributed by atoms with Crippen LogP contribution < -0.4 is 9.47 Å². The third-order valence-electron chi connectivity index (χ3n) is 4.53. The van der Waals surface area contributed by atoms with E-state index in [0.29, 0.717) is 32.7 Å². The van der Waals surface area contributed by atoms with Gasteiger partial charge in [0.15, 0.2) is 11.5 Å². The smallest absolute Gasteiger partial charge is 0.223 e. The monoisotopic (exact) mass is 371 g/mol. The SMILES string of the molecule is Cc1cc(CN(Cc2ccc3c(c2)OCCO3)C(=O)CC(C)(C)C)nn1C. The Kier molecular flexibility index (Phi) is 5.44. The minimum atomic E-state index is -0.0673. The Morgan fingerprint density at radius 3 is 2.48 bits per heavy atom. The van der Waals surface area contributed by atoms with E-state index in [-0.39, 0.29) is 11.3 Å². The molecule has 2 aromatic rings. The van der Waals surface area contributed by atoms with Gasteiger partial charge in [-0.15, -0.1) is 0 Å². The summed E-state index contributed by atoms with van der Waals surface area (Å²) < 4.78 is 13.1. The quantitative estimate of drug-likeness (QED) is 0.808. The number of hydrogen-bond acceptors (Lipinski definition) is 4. The van der Waals surface area contributed by atoms with Crippen LogP contribution in [0.15, 0.2) is 24.3 Å². The van der Waals surface area contributed by atoms with Gasteiger partial charge in [0.2, 0.25) is 5.91 Å². The first kappa shape index (κ1) is 19.3.